The zero-order chi connectivity index (χ0) is 7.28. The van der Waals surface area contributed by atoms with Crippen LogP contribution in [0.15, 0.2) is 0 Å². The van der Waals surface area contributed by atoms with E-state index >= 15 is 0 Å². The molecule has 0 aromatic carbocycles. The third-order valence-corrected chi connectivity index (χ3v) is 1.38. The Balaban J connectivity index is 3.01. The number of nitrogens with one attached hydrogen (secondary N) is 1. The fourth-order valence-electron chi connectivity index (χ4n) is 0.468. The van der Waals surface area contributed by atoms with Crippen LogP contribution in [0, 0.1) is 5.92 Å². The molecule has 2 N–H and O–H groups in total. The topological polar surface area (TPSA) is 49.3 Å². The molecule has 56 valence electrons. The largest absolute Gasteiger partial charge is 0.345 e. The van der Waals surface area contributed by atoms with Crippen LogP contribution in [-0.4, -0.2) is 17.7 Å². The lowest BCUT2D eigenvalue weighted by atomic mass is 10.2. The van der Waals surface area contributed by atoms with E-state index in [-0.39, 0.29) is 6.29 Å². The molecule has 9 heavy (non-hydrogen) atoms. The Bertz CT molecular complexity index is 95.0. The maximum absolute atomic E-state index is 10.1. The molecule has 1 atom stereocenters. The molecule has 0 rings (SSSR count). The van der Waals surface area contributed by atoms with Gasteiger partial charge in [0.25, 0.3) is 0 Å². The van der Waals surface area contributed by atoms with Crippen molar-refractivity contribution in [2.75, 3.05) is 12.8 Å². The van der Waals surface area contributed by atoms with Crippen LogP contribution in [0.2, 0.25) is 0 Å². The predicted molar refractivity (Wildman–Crippen MR) is 38.9 cm³/mol. The van der Waals surface area contributed by atoms with Crippen molar-refractivity contribution >= 4 is 8.03 Å². The molecule has 0 aromatic rings. The first kappa shape index (κ1) is 9.15. The van der Waals surface area contributed by atoms with E-state index in [0.717, 1.165) is 6.54 Å². The minimum Gasteiger partial charge on any atom is -0.345 e. The second-order valence-electron chi connectivity index (χ2n) is 2.42. The zero-order valence-corrected chi connectivity index (χ0v) is 6.85. The van der Waals surface area contributed by atoms with Gasteiger partial charge in [-0.25, -0.2) is 0 Å². The first-order valence-electron chi connectivity index (χ1n) is 3.05. The Kier molecular flexibility index (Phi) is 5.06. The fraction of sp³-hybridized carbons (Fsp3) is 1.00. The van der Waals surface area contributed by atoms with Gasteiger partial charge in [-0.05, 0) is 12.5 Å². The van der Waals surface area contributed by atoms with Gasteiger partial charge in [0.05, 0.1) is 6.29 Å². The molecule has 3 nitrogen and oxygen atoms in total. The van der Waals surface area contributed by atoms with Crippen LogP contribution >= 0.6 is 8.03 Å². The monoisotopic (exact) mass is 151 g/mol. The smallest absolute Gasteiger partial charge is 0.202 e. The lowest BCUT2D eigenvalue weighted by molar-refractivity contribution is 0.490. The molecule has 0 amide bonds. The fourth-order valence-corrected chi connectivity index (χ4v) is 0.826. The van der Waals surface area contributed by atoms with Crippen LogP contribution in [0.3, 0.4) is 0 Å². The summed E-state index contributed by atoms with van der Waals surface area (Å²) in [4.78, 5) is 8.35. The summed E-state index contributed by atoms with van der Waals surface area (Å²) in [6.07, 6.45) is 0.253. The van der Waals surface area contributed by atoms with Gasteiger partial charge in [0.15, 0.2) is 0 Å². The highest BCUT2D eigenvalue weighted by atomic mass is 31.1. The van der Waals surface area contributed by atoms with Crippen molar-refractivity contribution in [3.63, 3.8) is 0 Å². The molecule has 0 aliphatic rings. The molecule has 0 aromatic heterocycles. The second-order valence-corrected chi connectivity index (χ2v) is 3.56. The number of hydrogen-bond acceptors (Lipinski definition) is 2. The summed E-state index contributed by atoms with van der Waals surface area (Å²) in [6.45, 7) is 4.93. The SMILES string of the molecule is CC(C)CNC[PH](=O)O. The van der Waals surface area contributed by atoms with E-state index in [2.05, 4.69) is 19.2 Å². The minimum absolute atomic E-state index is 0.253. The van der Waals surface area contributed by atoms with Gasteiger partial charge in [-0.2, -0.15) is 0 Å². The molecule has 1 unspecified atom stereocenters. The van der Waals surface area contributed by atoms with E-state index in [1.54, 1.807) is 0 Å². The number of hydrogen-bond donors (Lipinski definition) is 2. The van der Waals surface area contributed by atoms with E-state index < -0.39 is 8.03 Å². The molecule has 0 saturated carbocycles. The molecule has 0 spiro atoms. The third-order valence-electron chi connectivity index (χ3n) is 0.829. The van der Waals surface area contributed by atoms with Crippen molar-refractivity contribution in [3.05, 3.63) is 0 Å². The molecule has 0 saturated heterocycles. The molecule has 0 heterocycles. The Labute approximate surface area is 56.3 Å². The first-order valence-corrected chi connectivity index (χ1v) is 4.61. The van der Waals surface area contributed by atoms with Crippen LogP contribution in [0.4, 0.5) is 0 Å². The molecule has 0 aliphatic heterocycles. The van der Waals surface area contributed by atoms with E-state index in [9.17, 15) is 4.57 Å². The average molecular weight is 151 g/mol. The first-order chi connectivity index (χ1) is 4.13. The maximum Gasteiger partial charge on any atom is 0.202 e. The summed E-state index contributed by atoms with van der Waals surface area (Å²) >= 11 is 0. The lowest BCUT2D eigenvalue weighted by Gasteiger charge is -2.03. The molecular weight excluding hydrogens is 137 g/mol. The van der Waals surface area contributed by atoms with Gasteiger partial charge in [-0.15, -0.1) is 0 Å². The Hall–Kier alpha value is 0.150. The predicted octanol–water partition coefficient (Wildman–Crippen LogP) is 0.656. The van der Waals surface area contributed by atoms with Crippen LogP contribution in [0.1, 0.15) is 13.8 Å². The van der Waals surface area contributed by atoms with E-state index in [1.807, 2.05) is 0 Å². The van der Waals surface area contributed by atoms with Crippen LogP contribution < -0.4 is 5.32 Å². The van der Waals surface area contributed by atoms with Crippen molar-refractivity contribution in [2.24, 2.45) is 5.92 Å². The van der Waals surface area contributed by atoms with Crippen molar-refractivity contribution in [1.29, 1.82) is 0 Å². The van der Waals surface area contributed by atoms with E-state index in [0.29, 0.717) is 5.92 Å². The highest BCUT2D eigenvalue weighted by Gasteiger charge is 1.93. The molecular formula is C5H14NO2P. The third kappa shape index (κ3) is 8.15. The van der Waals surface area contributed by atoms with Crippen LogP contribution in [-0.2, 0) is 4.57 Å². The van der Waals surface area contributed by atoms with Crippen molar-refractivity contribution in [3.8, 4) is 0 Å². The van der Waals surface area contributed by atoms with Gasteiger partial charge < -0.3 is 10.2 Å². The lowest BCUT2D eigenvalue weighted by Crippen LogP contribution is -2.18. The molecule has 4 heteroatoms. The highest BCUT2D eigenvalue weighted by molar-refractivity contribution is 7.37. The zero-order valence-electron chi connectivity index (χ0n) is 5.85. The van der Waals surface area contributed by atoms with Crippen LogP contribution in [0.25, 0.3) is 0 Å². The van der Waals surface area contributed by atoms with Gasteiger partial charge >= 0.3 is 0 Å². The molecule has 0 radical (unpaired) electrons. The average Bonchev–Trinajstić information content (AvgIpc) is 1.63. The summed E-state index contributed by atoms with van der Waals surface area (Å²) < 4.78 is 10.1. The number of rotatable bonds is 4. The highest BCUT2D eigenvalue weighted by Crippen LogP contribution is 2.08. The van der Waals surface area contributed by atoms with Gasteiger partial charge in [0.1, 0.15) is 0 Å². The molecule has 0 fully saturated rings. The molecule has 0 bridgehead atoms. The summed E-state index contributed by atoms with van der Waals surface area (Å²) in [5.74, 6) is 0.548. The Morgan fingerprint density at radius 1 is 1.67 bits per heavy atom. The Morgan fingerprint density at radius 2 is 2.22 bits per heavy atom. The summed E-state index contributed by atoms with van der Waals surface area (Å²) in [5, 5.41) is 2.87. The maximum atomic E-state index is 10.1. The normalized spacial score (nSPS) is 14.2. The van der Waals surface area contributed by atoms with Crippen molar-refractivity contribution in [2.45, 2.75) is 13.8 Å². The van der Waals surface area contributed by atoms with E-state index in [1.165, 1.54) is 0 Å². The summed E-state index contributed by atoms with van der Waals surface area (Å²) in [7, 11) is -2.29. The molecule has 0 aliphatic carbocycles. The van der Waals surface area contributed by atoms with Gasteiger partial charge in [0.2, 0.25) is 8.03 Å². The van der Waals surface area contributed by atoms with Crippen molar-refractivity contribution < 1.29 is 9.46 Å². The Morgan fingerprint density at radius 3 is 2.56 bits per heavy atom. The van der Waals surface area contributed by atoms with E-state index in [4.69, 9.17) is 4.89 Å². The minimum atomic E-state index is -2.29. The summed E-state index contributed by atoms with van der Waals surface area (Å²) in [5.41, 5.74) is 0. The van der Waals surface area contributed by atoms with Gasteiger partial charge in [0, 0.05) is 0 Å². The summed E-state index contributed by atoms with van der Waals surface area (Å²) in [6, 6.07) is 0. The van der Waals surface area contributed by atoms with Gasteiger partial charge in [-0.1, -0.05) is 13.8 Å². The second kappa shape index (κ2) is 4.98. The van der Waals surface area contributed by atoms with Crippen LogP contribution in [0.5, 0.6) is 0 Å². The van der Waals surface area contributed by atoms with Gasteiger partial charge in [-0.3, -0.25) is 4.57 Å². The standard InChI is InChI=1S/C5H14NO2P/c1-5(2)3-6-4-9(7)8/h5-6,9H,3-4H2,1-2H3,(H,7,8). The van der Waals surface area contributed by atoms with Crippen molar-refractivity contribution in [1.82, 2.24) is 5.32 Å². The quantitative estimate of drug-likeness (QED) is 0.580.